The second-order valence-electron chi connectivity index (χ2n) is 11.2. The van der Waals surface area contributed by atoms with Crippen LogP contribution in [0, 0.1) is 6.92 Å². The molecule has 0 aliphatic heterocycles. The molecule has 3 aromatic rings. The van der Waals surface area contributed by atoms with Crippen LogP contribution in [0.3, 0.4) is 0 Å². The molecule has 0 bridgehead atoms. The van der Waals surface area contributed by atoms with Crippen LogP contribution in [-0.2, 0) is 26.2 Å². The molecule has 0 aliphatic carbocycles. The van der Waals surface area contributed by atoms with Crippen LogP contribution in [0.15, 0.2) is 76.1 Å². The number of amides is 2. The van der Waals surface area contributed by atoms with Gasteiger partial charge in [0, 0.05) is 12.1 Å². The summed E-state index contributed by atoms with van der Waals surface area (Å²) >= 11 is 3.37. The second-order valence-corrected chi connectivity index (χ2v) is 13.9. The lowest BCUT2D eigenvalue weighted by Crippen LogP contribution is -2.55. The molecule has 0 heterocycles. The fourth-order valence-corrected chi connectivity index (χ4v) is 6.65. The lowest BCUT2D eigenvalue weighted by atomic mass is 10.1. The summed E-state index contributed by atoms with van der Waals surface area (Å²) in [6.45, 7) is 8.85. The number of carbonyl (C=O) groups is 2. The zero-order valence-electron chi connectivity index (χ0n) is 25.7. The minimum absolute atomic E-state index is 0.0228. The summed E-state index contributed by atoms with van der Waals surface area (Å²) in [5.41, 5.74) is 1.45. The quantitative estimate of drug-likeness (QED) is 0.265. The normalized spacial score (nSPS) is 12.3. The van der Waals surface area contributed by atoms with Crippen LogP contribution in [0.25, 0.3) is 0 Å². The van der Waals surface area contributed by atoms with Gasteiger partial charge in [0.1, 0.15) is 24.1 Å². The smallest absolute Gasteiger partial charge is 0.264 e. The van der Waals surface area contributed by atoms with Crippen molar-refractivity contribution in [1.82, 2.24) is 10.2 Å². The molecule has 0 spiro atoms. The predicted molar refractivity (Wildman–Crippen MR) is 172 cm³/mol. The fraction of sp³-hybridized carbons (Fsp3) is 0.375. The zero-order valence-corrected chi connectivity index (χ0v) is 28.1. The van der Waals surface area contributed by atoms with E-state index >= 15 is 0 Å². The summed E-state index contributed by atoms with van der Waals surface area (Å²) in [5, 5.41) is 2.97. The van der Waals surface area contributed by atoms with E-state index in [1.807, 2.05) is 40.7 Å². The number of carbonyl (C=O) groups excluding carboxylic acids is 2. The average molecular weight is 675 g/mol. The maximum atomic E-state index is 14.2. The average Bonchev–Trinajstić information content (AvgIpc) is 2.95. The Hall–Kier alpha value is -3.57. The molecule has 3 aromatic carbocycles. The van der Waals surface area contributed by atoms with Crippen molar-refractivity contribution in [3.05, 3.63) is 82.3 Å². The van der Waals surface area contributed by atoms with Crippen LogP contribution in [0.1, 0.15) is 45.2 Å². The first kappa shape index (κ1) is 33.9. The van der Waals surface area contributed by atoms with E-state index in [1.54, 1.807) is 55.6 Å². The molecule has 9 nitrogen and oxygen atoms in total. The first-order chi connectivity index (χ1) is 20.2. The standard InChI is InChI=1S/C32H40BrN3O6S/c1-8-28(31(38)34-32(3,4)5)35(20-23-10-9-11-25(18-23)41-6)30(37)21-36(24-14-12-22(2)13-15-24)43(39,40)26-16-17-29(42-7)27(33)19-26/h9-19,28H,8,20-21H2,1-7H3,(H,34,38)/t28-/m1/s1. The second kappa shape index (κ2) is 14.3. The van der Waals surface area contributed by atoms with E-state index in [0.717, 1.165) is 15.4 Å². The molecule has 232 valence electrons. The number of aryl methyl sites for hydroxylation is 1. The number of anilines is 1. The van der Waals surface area contributed by atoms with E-state index in [2.05, 4.69) is 21.2 Å². The summed E-state index contributed by atoms with van der Waals surface area (Å²) in [5.74, 6) is 0.216. The van der Waals surface area contributed by atoms with Gasteiger partial charge in [-0.1, -0.05) is 36.8 Å². The first-order valence-electron chi connectivity index (χ1n) is 13.9. The van der Waals surface area contributed by atoms with E-state index in [0.29, 0.717) is 28.1 Å². The highest BCUT2D eigenvalue weighted by Crippen LogP contribution is 2.31. The number of sulfonamides is 1. The Morgan fingerprint density at radius 1 is 0.977 bits per heavy atom. The zero-order chi connectivity index (χ0) is 31.9. The lowest BCUT2D eigenvalue weighted by Gasteiger charge is -2.35. The third kappa shape index (κ3) is 8.73. The van der Waals surface area contributed by atoms with Gasteiger partial charge in [0.2, 0.25) is 11.8 Å². The molecule has 0 saturated carbocycles. The van der Waals surface area contributed by atoms with Crippen LogP contribution in [0.4, 0.5) is 5.69 Å². The summed E-state index contributed by atoms with van der Waals surface area (Å²) in [6, 6.07) is 17.7. The number of halogens is 1. The van der Waals surface area contributed by atoms with Gasteiger partial charge in [-0.05, 0) is 98.1 Å². The van der Waals surface area contributed by atoms with E-state index in [9.17, 15) is 18.0 Å². The highest BCUT2D eigenvalue weighted by molar-refractivity contribution is 9.10. The van der Waals surface area contributed by atoms with Crippen LogP contribution in [-0.4, -0.2) is 57.5 Å². The van der Waals surface area contributed by atoms with E-state index in [4.69, 9.17) is 9.47 Å². The van der Waals surface area contributed by atoms with Crippen molar-refractivity contribution in [2.75, 3.05) is 25.1 Å². The molecule has 0 radical (unpaired) electrons. The monoisotopic (exact) mass is 673 g/mol. The maximum absolute atomic E-state index is 14.2. The van der Waals surface area contributed by atoms with Crippen LogP contribution < -0.4 is 19.1 Å². The SMILES string of the molecule is CC[C@H](C(=O)NC(C)(C)C)N(Cc1cccc(OC)c1)C(=O)CN(c1ccc(C)cc1)S(=O)(=O)c1ccc(OC)c(Br)c1. The fourth-order valence-electron chi connectivity index (χ4n) is 4.51. The molecular formula is C32H40BrN3O6S. The highest BCUT2D eigenvalue weighted by Gasteiger charge is 2.35. The molecule has 0 aromatic heterocycles. The van der Waals surface area contributed by atoms with Crippen molar-refractivity contribution in [1.29, 1.82) is 0 Å². The van der Waals surface area contributed by atoms with Gasteiger partial charge >= 0.3 is 0 Å². The molecule has 0 unspecified atom stereocenters. The van der Waals surface area contributed by atoms with Gasteiger partial charge in [0.05, 0.1) is 29.3 Å². The molecular weight excluding hydrogens is 634 g/mol. The molecule has 0 fully saturated rings. The van der Waals surface area contributed by atoms with Crippen molar-refractivity contribution in [2.24, 2.45) is 0 Å². The van der Waals surface area contributed by atoms with Gasteiger partial charge in [-0.15, -0.1) is 0 Å². The number of rotatable bonds is 12. The largest absolute Gasteiger partial charge is 0.497 e. The lowest BCUT2D eigenvalue weighted by molar-refractivity contribution is -0.141. The van der Waals surface area contributed by atoms with Gasteiger partial charge < -0.3 is 19.7 Å². The Bertz CT molecular complexity index is 1540. The Labute approximate surface area is 263 Å². The molecule has 0 aliphatic rings. The third-order valence-corrected chi connectivity index (χ3v) is 9.07. The molecule has 3 rings (SSSR count). The molecule has 1 N–H and O–H groups in total. The van der Waals surface area contributed by atoms with Crippen molar-refractivity contribution in [2.45, 2.75) is 64.1 Å². The molecule has 11 heteroatoms. The Kier molecular flexibility index (Phi) is 11.3. The van der Waals surface area contributed by atoms with Crippen molar-refractivity contribution < 1.29 is 27.5 Å². The van der Waals surface area contributed by atoms with E-state index < -0.39 is 34.1 Å². The summed E-state index contributed by atoms with van der Waals surface area (Å²) in [4.78, 5) is 29.1. The first-order valence-corrected chi connectivity index (χ1v) is 16.1. The Morgan fingerprint density at radius 3 is 2.21 bits per heavy atom. The van der Waals surface area contributed by atoms with Crippen molar-refractivity contribution in [3.8, 4) is 11.5 Å². The third-order valence-electron chi connectivity index (χ3n) is 6.68. The van der Waals surface area contributed by atoms with Crippen LogP contribution in [0.5, 0.6) is 11.5 Å². The number of methoxy groups -OCH3 is 2. The molecule has 43 heavy (non-hydrogen) atoms. The summed E-state index contributed by atoms with van der Waals surface area (Å²) in [7, 11) is -1.19. The number of ether oxygens (including phenoxy) is 2. The predicted octanol–water partition coefficient (Wildman–Crippen LogP) is 5.69. The van der Waals surface area contributed by atoms with E-state index in [-0.39, 0.29) is 17.3 Å². The van der Waals surface area contributed by atoms with Gasteiger partial charge in [-0.2, -0.15) is 0 Å². The number of hydrogen-bond acceptors (Lipinski definition) is 6. The molecule has 1 atom stereocenters. The summed E-state index contributed by atoms with van der Waals surface area (Å²) < 4.78 is 40.4. The van der Waals surface area contributed by atoms with Crippen molar-refractivity contribution >= 4 is 43.5 Å². The summed E-state index contributed by atoms with van der Waals surface area (Å²) in [6.07, 6.45) is 0.320. The number of nitrogens with zero attached hydrogens (tertiary/aromatic N) is 2. The van der Waals surface area contributed by atoms with Crippen molar-refractivity contribution in [3.63, 3.8) is 0 Å². The van der Waals surface area contributed by atoms with E-state index in [1.165, 1.54) is 24.1 Å². The number of benzene rings is 3. The number of nitrogens with one attached hydrogen (secondary N) is 1. The minimum Gasteiger partial charge on any atom is -0.497 e. The Balaban J connectivity index is 2.10. The van der Waals surface area contributed by atoms with Gasteiger partial charge in [-0.3, -0.25) is 13.9 Å². The number of hydrogen-bond donors (Lipinski definition) is 1. The van der Waals surface area contributed by atoms with Crippen LogP contribution in [0.2, 0.25) is 0 Å². The topological polar surface area (TPSA) is 105 Å². The minimum atomic E-state index is -4.23. The maximum Gasteiger partial charge on any atom is 0.264 e. The van der Waals surface area contributed by atoms with Gasteiger partial charge in [0.15, 0.2) is 0 Å². The Morgan fingerprint density at radius 2 is 1.65 bits per heavy atom. The molecule has 0 saturated heterocycles. The van der Waals surface area contributed by atoms with Crippen LogP contribution >= 0.6 is 15.9 Å². The molecule has 2 amide bonds. The van der Waals surface area contributed by atoms with Gasteiger partial charge in [0.25, 0.3) is 10.0 Å². The highest BCUT2D eigenvalue weighted by atomic mass is 79.9. The van der Waals surface area contributed by atoms with Gasteiger partial charge in [-0.25, -0.2) is 8.42 Å².